The number of hydrogen-bond donors (Lipinski definition) is 1. The van der Waals surface area contributed by atoms with Gasteiger partial charge in [-0.2, -0.15) is 0 Å². The average molecular weight is 296 g/mol. The molecule has 2 aliphatic heterocycles. The molecule has 5 heteroatoms. The summed E-state index contributed by atoms with van der Waals surface area (Å²) in [6.45, 7) is 4.27. The summed E-state index contributed by atoms with van der Waals surface area (Å²) in [6.07, 6.45) is 7.64. The first-order chi connectivity index (χ1) is 10.1. The molecule has 0 aromatic rings. The fourth-order valence-corrected chi connectivity index (χ4v) is 3.72. The molecule has 2 fully saturated rings. The van der Waals surface area contributed by atoms with Crippen LogP contribution >= 0.6 is 0 Å². The van der Waals surface area contributed by atoms with Crippen molar-refractivity contribution in [1.82, 2.24) is 9.80 Å². The Hall–Kier alpha value is -1.10. The third-order valence-corrected chi connectivity index (χ3v) is 4.92. The van der Waals surface area contributed by atoms with E-state index < -0.39 is 5.97 Å². The zero-order valence-corrected chi connectivity index (χ0v) is 13.1. The van der Waals surface area contributed by atoms with Crippen molar-refractivity contribution in [3.63, 3.8) is 0 Å². The second kappa shape index (κ2) is 7.78. The Morgan fingerprint density at radius 1 is 1.05 bits per heavy atom. The monoisotopic (exact) mass is 296 g/mol. The molecular weight excluding hydrogens is 268 g/mol. The van der Waals surface area contributed by atoms with E-state index >= 15 is 0 Å². The molecule has 2 unspecified atom stereocenters. The first-order valence-corrected chi connectivity index (χ1v) is 8.37. The largest absolute Gasteiger partial charge is 0.481 e. The molecule has 21 heavy (non-hydrogen) atoms. The summed E-state index contributed by atoms with van der Waals surface area (Å²) >= 11 is 0. The first kappa shape index (κ1) is 16.3. The van der Waals surface area contributed by atoms with E-state index in [0.29, 0.717) is 12.6 Å². The number of carboxylic acid groups (broad SMARTS) is 1. The number of piperidine rings is 2. The van der Waals surface area contributed by atoms with Crippen LogP contribution in [0.4, 0.5) is 0 Å². The summed E-state index contributed by atoms with van der Waals surface area (Å²) in [7, 11) is 0. The fraction of sp³-hybridized carbons (Fsp3) is 0.875. The van der Waals surface area contributed by atoms with Crippen molar-refractivity contribution < 1.29 is 14.7 Å². The van der Waals surface area contributed by atoms with Gasteiger partial charge in [0, 0.05) is 18.6 Å². The number of likely N-dealkylation sites (tertiary alicyclic amines) is 2. The maximum atomic E-state index is 12.6. The Labute approximate surface area is 127 Å². The zero-order valence-electron chi connectivity index (χ0n) is 13.1. The van der Waals surface area contributed by atoms with Gasteiger partial charge in [0.05, 0.1) is 13.0 Å². The summed E-state index contributed by atoms with van der Waals surface area (Å²) in [5.41, 5.74) is 0. The molecule has 1 amide bonds. The number of rotatable bonds is 5. The van der Waals surface area contributed by atoms with E-state index in [-0.39, 0.29) is 18.4 Å². The van der Waals surface area contributed by atoms with Gasteiger partial charge in [-0.1, -0.05) is 13.3 Å². The molecule has 1 N–H and O–H groups in total. The number of nitrogens with zero attached hydrogens (tertiary/aromatic N) is 2. The minimum absolute atomic E-state index is 0.0325. The summed E-state index contributed by atoms with van der Waals surface area (Å²) in [6, 6.07) is 0.416. The number of amides is 1. The first-order valence-electron chi connectivity index (χ1n) is 8.37. The minimum Gasteiger partial charge on any atom is -0.481 e. The van der Waals surface area contributed by atoms with E-state index in [4.69, 9.17) is 5.11 Å². The highest BCUT2D eigenvalue weighted by Crippen LogP contribution is 2.23. The molecular formula is C16H28N2O3. The van der Waals surface area contributed by atoms with Gasteiger partial charge in [0.25, 0.3) is 0 Å². The van der Waals surface area contributed by atoms with Gasteiger partial charge in [-0.15, -0.1) is 0 Å². The molecule has 0 aromatic carbocycles. The van der Waals surface area contributed by atoms with Crippen LogP contribution in [-0.4, -0.2) is 58.5 Å². The molecule has 5 nitrogen and oxygen atoms in total. The van der Waals surface area contributed by atoms with Crippen LogP contribution in [0.25, 0.3) is 0 Å². The molecule has 120 valence electrons. The minimum atomic E-state index is -0.760. The van der Waals surface area contributed by atoms with E-state index in [1.165, 1.54) is 6.42 Å². The highest BCUT2D eigenvalue weighted by atomic mass is 16.4. The smallest absolute Gasteiger partial charge is 0.304 e. The lowest BCUT2D eigenvalue weighted by Crippen LogP contribution is -2.51. The quantitative estimate of drug-likeness (QED) is 0.844. The second-order valence-corrected chi connectivity index (χ2v) is 6.36. The number of carbonyl (C=O) groups is 2. The molecule has 2 aliphatic rings. The van der Waals surface area contributed by atoms with Gasteiger partial charge in [0.1, 0.15) is 0 Å². The van der Waals surface area contributed by atoms with E-state index in [2.05, 4.69) is 11.8 Å². The predicted molar refractivity (Wildman–Crippen MR) is 81.1 cm³/mol. The summed E-state index contributed by atoms with van der Waals surface area (Å²) in [5.74, 6) is -0.567. The Kier molecular flexibility index (Phi) is 6.03. The second-order valence-electron chi connectivity index (χ2n) is 6.36. The summed E-state index contributed by atoms with van der Waals surface area (Å²) in [5, 5.41) is 9.02. The van der Waals surface area contributed by atoms with Crippen molar-refractivity contribution in [2.24, 2.45) is 0 Å². The van der Waals surface area contributed by atoms with Crippen molar-refractivity contribution in [3.05, 3.63) is 0 Å². The van der Waals surface area contributed by atoms with E-state index in [0.717, 1.165) is 51.6 Å². The maximum Gasteiger partial charge on any atom is 0.304 e. The van der Waals surface area contributed by atoms with Gasteiger partial charge in [0.15, 0.2) is 0 Å². The van der Waals surface area contributed by atoms with Crippen LogP contribution in [0.1, 0.15) is 58.3 Å². The molecule has 2 heterocycles. The van der Waals surface area contributed by atoms with Gasteiger partial charge >= 0.3 is 5.97 Å². The summed E-state index contributed by atoms with van der Waals surface area (Å²) < 4.78 is 0. The van der Waals surface area contributed by atoms with Gasteiger partial charge in [-0.3, -0.25) is 14.5 Å². The average Bonchev–Trinajstić information content (AvgIpc) is 2.48. The highest BCUT2D eigenvalue weighted by Gasteiger charge is 2.30. The Balaban J connectivity index is 1.94. The van der Waals surface area contributed by atoms with Crippen LogP contribution in [-0.2, 0) is 9.59 Å². The van der Waals surface area contributed by atoms with Gasteiger partial charge in [-0.25, -0.2) is 0 Å². The molecule has 0 saturated carbocycles. The van der Waals surface area contributed by atoms with Crippen LogP contribution in [0.3, 0.4) is 0 Å². The van der Waals surface area contributed by atoms with Crippen molar-refractivity contribution >= 4 is 11.9 Å². The zero-order chi connectivity index (χ0) is 15.2. The van der Waals surface area contributed by atoms with Crippen molar-refractivity contribution in [3.8, 4) is 0 Å². The molecule has 2 rings (SSSR count). The Morgan fingerprint density at radius 3 is 2.38 bits per heavy atom. The van der Waals surface area contributed by atoms with Crippen molar-refractivity contribution in [2.45, 2.75) is 70.4 Å². The molecule has 0 spiro atoms. The molecule has 0 bridgehead atoms. The highest BCUT2D eigenvalue weighted by molar-refractivity contribution is 5.79. The van der Waals surface area contributed by atoms with E-state index in [1.54, 1.807) is 0 Å². The lowest BCUT2D eigenvalue weighted by Gasteiger charge is -2.39. The Bertz CT molecular complexity index is 373. The fourth-order valence-electron chi connectivity index (χ4n) is 3.72. The van der Waals surface area contributed by atoms with Crippen LogP contribution in [0.2, 0.25) is 0 Å². The maximum absolute atomic E-state index is 12.6. The van der Waals surface area contributed by atoms with E-state index in [1.807, 2.05) is 4.90 Å². The summed E-state index contributed by atoms with van der Waals surface area (Å²) in [4.78, 5) is 27.7. The molecule has 0 aromatic heterocycles. The van der Waals surface area contributed by atoms with Gasteiger partial charge < -0.3 is 10.0 Å². The van der Waals surface area contributed by atoms with Crippen LogP contribution in [0.15, 0.2) is 0 Å². The lowest BCUT2D eigenvalue weighted by atomic mass is 9.98. The SMILES string of the molecule is CCC1CCCCN1C(=O)CN1CCCCC1CC(=O)O. The number of carbonyl (C=O) groups excluding carboxylic acids is 1. The van der Waals surface area contributed by atoms with Crippen LogP contribution in [0.5, 0.6) is 0 Å². The molecule has 2 saturated heterocycles. The third-order valence-electron chi connectivity index (χ3n) is 4.92. The van der Waals surface area contributed by atoms with E-state index in [9.17, 15) is 9.59 Å². The Morgan fingerprint density at radius 2 is 1.71 bits per heavy atom. The topological polar surface area (TPSA) is 60.9 Å². The molecule has 0 radical (unpaired) electrons. The molecule has 0 aliphatic carbocycles. The van der Waals surface area contributed by atoms with Crippen molar-refractivity contribution in [2.75, 3.05) is 19.6 Å². The number of carboxylic acids is 1. The normalized spacial score (nSPS) is 27.6. The van der Waals surface area contributed by atoms with Gasteiger partial charge in [-0.05, 0) is 45.1 Å². The van der Waals surface area contributed by atoms with Crippen LogP contribution in [0, 0.1) is 0 Å². The number of hydrogen-bond acceptors (Lipinski definition) is 3. The van der Waals surface area contributed by atoms with Crippen LogP contribution < -0.4 is 0 Å². The third kappa shape index (κ3) is 4.43. The predicted octanol–water partition coefficient (Wildman–Crippen LogP) is 2.11. The standard InChI is InChI=1S/C16H28N2O3/c1-2-13-7-4-6-10-18(13)15(19)12-17-9-5-3-8-14(17)11-16(20)21/h13-14H,2-12H2,1H3,(H,20,21). The van der Waals surface area contributed by atoms with Crippen molar-refractivity contribution in [1.29, 1.82) is 0 Å². The molecule has 2 atom stereocenters. The lowest BCUT2D eigenvalue weighted by molar-refractivity contribution is -0.142. The number of aliphatic carboxylic acids is 1. The van der Waals surface area contributed by atoms with Gasteiger partial charge in [0.2, 0.25) is 5.91 Å².